The normalized spacial score (nSPS) is 10.6. The van der Waals surface area contributed by atoms with Crippen molar-refractivity contribution in [2.24, 2.45) is 0 Å². The minimum atomic E-state index is 0.139. The second-order valence-electron chi connectivity index (χ2n) is 2.32. The number of benzene rings is 1. The van der Waals surface area contributed by atoms with Crippen LogP contribution in [0.4, 0.5) is 5.69 Å². The number of hydrogen-bond donors (Lipinski definition) is 2. The van der Waals surface area contributed by atoms with E-state index in [9.17, 15) is 0 Å². The summed E-state index contributed by atoms with van der Waals surface area (Å²) < 4.78 is 0. The molecule has 0 heterocycles. The summed E-state index contributed by atoms with van der Waals surface area (Å²) in [6.07, 6.45) is 3.81. The van der Waals surface area contributed by atoms with Gasteiger partial charge >= 0.3 is 0 Å². The third-order valence-corrected chi connectivity index (χ3v) is 1.41. The summed E-state index contributed by atoms with van der Waals surface area (Å²) in [4.78, 5) is 0. The van der Waals surface area contributed by atoms with E-state index in [0.29, 0.717) is 5.69 Å². The van der Waals surface area contributed by atoms with Crippen LogP contribution in [0.15, 0.2) is 24.3 Å². The van der Waals surface area contributed by atoms with E-state index >= 15 is 0 Å². The van der Waals surface area contributed by atoms with E-state index in [4.69, 9.17) is 10.8 Å². The highest BCUT2D eigenvalue weighted by molar-refractivity contribution is 5.60. The molecule has 0 radical (unpaired) electrons. The van der Waals surface area contributed by atoms with Gasteiger partial charge in [-0.25, -0.2) is 0 Å². The van der Waals surface area contributed by atoms with Crippen molar-refractivity contribution < 1.29 is 5.11 Å². The Morgan fingerprint density at radius 2 is 2.18 bits per heavy atom. The van der Waals surface area contributed by atoms with Crippen molar-refractivity contribution in [3.63, 3.8) is 0 Å². The van der Waals surface area contributed by atoms with E-state index in [-0.39, 0.29) is 5.75 Å². The average Bonchev–Trinajstić information content (AvgIpc) is 1.98. The molecule has 58 valence electrons. The molecule has 1 aromatic rings. The maximum absolute atomic E-state index is 9.17. The molecule has 3 N–H and O–H groups in total. The van der Waals surface area contributed by atoms with Crippen molar-refractivity contribution in [2.75, 3.05) is 5.73 Å². The lowest BCUT2D eigenvalue weighted by Gasteiger charge is -1.98. The highest BCUT2D eigenvalue weighted by Gasteiger charge is 1.94. The molecule has 1 rings (SSSR count). The second-order valence-corrected chi connectivity index (χ2v) is 2.32. The minimum absolute atomic E-state index is 0.139. The fourth-order valence-electron chi connectivity index (χ4n) is 0.857. The second kappa shape index (κ2) is 3.10. The summed E-state index contributed by atoms with van der Waals surface area (Å²) in [5.74, 6) is 0.139. The highest BCUT2D eigenvalue weighted by Crippen LogP contribution is 2.20. The number of nitrogen functional groups attached to an aromatic ring is 1. The Bertz CT molecular complexity index is 279. The number of nitrogens with two attached hydrogens (primary N) is 1. The van der Waals surface area contributed by atoms with Gasteiger partial charge in [-0.3, -0.25) is 0 Å². The molecule has 0 saturated carbocycles. The Labute approximate surface area is 66.0 Å². The first-order chi connectivity index (χ1) is 5.24. The highest BCUT2D eigenvalue weighted by atomic mass is 16.3. The van der Waals surface area contributed by atoms with Gasteiger partial charge in [0, 0.05) is 0 Å². The van der Waals surface area contributed by atoms with Crippen LogP contribution in [0.5, 0.6) is 5.75 Å². The van der Waals surface area contributed by atoms with Gasteiger partial charge in [-0.2, -0.15) is 0 Å². The van der Waals surface area contributed by atoms with E-state index in [2.05, 4.69) is 0 Å². The van der Waals surface area contributed by atoms with Gasteiger partial charge in [0.2, 0.25) is 0 Å². The van der Waals surface area contributed by atoms with Crippen LogP contribution in [0.3, 0.4) is 0 Å². The molecule has 0 bridgehead atoms. The Morgan fingerprint density at radius 1 is 1.45 bits per heavy atom. The monoisotopic (exact) mass is 149 g/mol. The number of phenolic OH excluding ortho intramolecular Hbond substituents is 1. The molecule has 11 heavy (non-hydrogen) atoms. The third kappa shape index (κ3) is 1.74. The summed E-state index contributed by atoms with van der Waals surface area (Å²) >= 11 is 0. The number of rotatable bonds is 1. The first kappa shape index (κ1) is 7.66. The predicted molar refractivity (Wildman–Crippen MR) is 47.2 cm³/mol. The van der Waals surface area contributed by atoms with Crippen molar-refractivity contribution in [3.8, 4) is 5.75 Å². The summed E-state index contributed by atoms with van der Waals surface area (Å²) in [5.41, 5.74) is 6.78. The lowest BCUT2D eigenvalue weighted by molar-refractivity contribution is 0.478. The summed E-state index contributed by atoms with van der Waals surface area (Å²) in [7, 11) is 0. The maximum Gasteiger partial charge on any atom is 0.139 e. The van der Waals surface area contributed by atoms with Crippen molar-refractivity contribution >= 4 is 11.8 Å². The van der Waals surface area contributed by atoms with Crippen LogP contribution in [0, 0.1) is 0 Å². The molecule has 1 aromatic carbocycles. The fourth-order valence-corrected chi connectivity index (χ4v) is 0.857. The van der Waals surface area contributed by atoms with Crippen LogP contribution in [0.2, 0.25) is 0 Å². The zero-order chi connectivity index (χ0) is 8.27. The quantitative estimate of drug-likeness (QED) is 0.474. The predicted octanol–water partition coefficient (Wildman–Crippen LogP) is 2.01. The molecule has 0 unspecified atom stereocenters. The van der Waals surface area contributed by atoms with Gasteiger partial charge in [0.05, 0.1) is 5.69 Å². The van der Waals surface area contributed by atoms with Crippen LogP contribution in [-0.4, -0.2) is 5.11 Å². The van der Waals surface area contributed by atoms with Crippen LogP contribution in [0.1, 0.15) is 12.5 Å². The van der Waals surface area contributed by atoms with Gasteiger partial charge in [0.15, 0.2) is 0 Å². The molecule has 0 spiro atoms. The van der Waals surface area contributed by atoms with Crippen molar-refractivity contribution in [3.05, 3.63) is 29.8 Å². The topological polar surface area (TPSA) is 46.2 Å². The van der Waals surface area contributed by atoms with Crippen LogP contribution in [0.25, 0.3) is 6.08 Å². The number of phenols is 1. The zero-order valence-corrected chi connectivity index (χ0v) is 6.41. The van der Waals surface area contributed by atoms with Crippen molar-refractivity contribution in [1.82, 2.24) is 0 Å². The minimum Gasteiger partial charge on any atom is -0.506 e. The van der Waals surface area contributed by atoms with E-state index in [1.165, 1.54) is 0 Å². The molecule has 0 aliphatic rings. The van der Waals surface area contributed by atoms with Gasteiger partial charge in [-0.1, -0.05) is 18.2 Å². The Kier molecular flexibility index (Phi) is 2.16. The number of aromatic hydroxyl groups is 1. The molecule has 0 aliphatic heterocycles. The molecule has 0 atom stereocenters. The summed E-state index contributed by atoms with van der Waals surface area (Å²) in [6.45, 7) is 1.92. The molecule has 2 nitrogen and oxygen atoms in total. The van der Waals surface area contributed by atoms with E-state index in [1.807, 2.05) is 25.1 Å². The Morgan fingerprint density at radius 3 is 2.73 bits per heavy atom. The molecule has 0 fully saturated rings. The van der Waals surface area contributed by atoms with Crippen molar-refractivity contribution in [2.45, 2.75) is 6.92 Å². The first-order valence-corrected chi connectivity index (χ1v) is 3.45. The van der Waals surface area contributed by atoms with E-state index < -0.39 is 0 Å². The maximum atomic E-state index is 9.17. The smallest absolute Gasteiger partial charge is 0.139 e. The molecular formula is C9H11NO. The third-order valence-electron chi connectivity index (χ3n) is 1.41. The van der Waals surface area contributed by atoms with Gasteiger partial charge in [-0.05, 0) is 24.6 Å². The zero-order valence-electron chi connectivity index (χ0n) is 6.41. The number of anilines is 1. The fraction of sp³-hybridized carbons (Fsp3) is 0.111. The molecular weight excluding hydrogens is 138 g/mol. The van der Waals surface area contributed by atoms with Crippen LogP contribution >= 0.6 is 0 Å². The lowest BCUT2D eigenvalue weighted by Crippen LogP contribution is -1.84. The van der Waals surface area contributed by atoms with E-state index in [0.717, 1.165) is 5.56 Å². The van der Waals surface area contributed by atoms with Gasteiger partial charge < -0.3 is 10.8 Å². The number of allylic oxidation sites excluding steroid dienone is 1. The molecule has 0 saturated heterocycles. The SMILES string of the molecule is CC=Cc1ccc(N)c(O)c1. The summed E-state index contributed by atoms with van der Waals surface area (Å²) in [6, 6.07) is 5.18. The molecule has 0 aromatic heterocycles. The molecule has 0 aliphatic carbocycles. The van der Waals surface area contributed by atoms with Gasteiger partial charge in [0.1, 0.15) is 5.75 Å². The van der Waals surface area contributed by atoms with E-state index in [1.54, 1.807) is 12.1 Å². The van der Waals surface area contributed by atoms with Gasteiger partial charge in [-0.15, -0.1) is 0 Å². The molecule has 0 amide bonds. The lowest BCUT2D eigenvalue weighted by atomic mass is 10.2. The first-order valence-electron chi connectivity index (χ1n) is 3.45. The van der Waals surface area contributed by atoms with Gasteiger partial charge in [0.25, 0.3) is 0 Å². The number of hydrogen-bond acceptors (Lipinski definition) is 2. The standard InChI is InChI=1S/C9H11NO/c1-2-3-7-4-5-8(10)9(11)6-7/h2-6,11H,10H2,1H3. The largest absolute Gasteiger partial charge is 0.506 e. The molecule has 2 heteroatoms. The Hall–Kier alpha value is -1.44. The van der Waals surface area contributed by atoms with Crippen molar-refractivity contribution in [1.29, 1.82) is 0 Å². The van der Waals surface area contributed by atoms with Crippen LogP contribution < -0.4 is 5.73 Å². The average molecular weight is 149 g/mol. The Balaban J connectivity index is 3.05. The van der Waals surface area contributed by atoms with Crippen LogP contribution in [-0.2, 0) is 0 Å². The summed E-state index contributed by atoms with van der Waals surface area (Å²) in [5, 5.41) is 9.17.